The highest BCUT2D eigenvalue weighted by molar-refractivity contribution is 5.83. The number of aromatic nitrogens is 1. The molecule has 0 bridgehead atoms. The number of benzene rings is 2. The van der Waals surface area contributed by atoms with Crippen LogP contribution in [0.2, 0.25) is 0 Å². The minimum absolute atomic E-state index is 0.0113. The van der Waals surface area contributed by atoms with Gasteiger partial charge >= 0.3 is 0 Å². The van der Waals surface area contributed by atoms with E-state index in [-0.39, 0.29) is 24.8 Å². The maximum atomic E-state index is 12.7. The monoisotopic (exact) mass is 392 g/mol. The van der Waals surface area contributed by atoms with Crippen LogP contribution in [0.1, 0.15) is 35.6 Å². The number of carbonyl (C=O) groups excluding carboxylic acids is 1. The zero-order valence-electron chi connectivity index (χ0n) is 16.9. The van der Waals surface area contributed by atoms with Crippen molar-refractivity contribution in [3.63, 3.8) is 0 Å². The molecule has 0 atom stereocenters. The molecule has 0 unspecified atom stereocenters. The second kappa shape index (κ2) is 7.62. The molecule has 2 aromatic carbocycles. The number of nitrogens with one attached hydrogen (secondary N) is 1. The molecule has 1 N–H and O–H groups in total. The fraction of sp³-hybridized carbons (Fsp3) is 0.304. The van der Waals surface area contributed by atoms with Crippen LogP contribution < -0.4 is 15.0 Å². The van der Waals surface area contributed by atoms with E-state index >= 15 is 0 Å². The van der Waals surface area contributed by atoms with E-state index in [1.807, 2.05) is 51.1 Å². The normalized spacial score (nSPS) is 12.4. The zero-order valence-corrected chi connectivity index (χ0v) is 16.9. The van der Waals surface area contributed by atoms with Gasteiger partial charge in [-0.15, -0.1) is 0 Å². The molecule has 150 valence electrons. The predicted molar refractivity (Wildman–Crippen MR) is 111 cm³/mol. The molecule has 1 aliphatic heterocycles. The van der Waals surface area contributed by atoms with Gasteiger partial charge in [-0.1, -0.05) is 19.1 Å². The Kier molecular flexibility index (Phi) is 5.01. The summed E-state index contributed by atoms with van der Waals surface area (Å²) in [6.07, 6.45) is 0.369. The van der Waals surface area contributed by atoms with Gasteiger partial charge in [-0.3, -0.25) is 9.59 Å². The van der Waals surface area contributed by atoms with E-state index in [0.29, 0.717) is 30.0 Å². The molecular formula is C23H24N2O4. The topological polar surface area (TPSA) is 71.6 Å². The number of ether oxygens (including phenoxy) is 2. The summed E-state index contributed by atoms with van der Waals surface area (Å²) in [6.45, 7) is 6.71. The van der Waals surface area contributed by atoms with Crippen molar-refractivity contribution in [2.45, 2.75) is 40.3 Å². The number of pyridine rings is 1. The third-order valence-electron chi connectivity index (χ3n) is 5.22. The Morgan fingerprint density at radius 1 is 1.07 bits per heavy atom. The van der Waals surface area contributed by atoms with Crippen molar-refractivity contribution in [2.24, 2.45) is 0 Å². The first kappa shape index (κ1) is 19.1. The molecule has 0 fully saturated rings. The summed E-state index contributed by atoms with van der Waals surface area (Å²) in [6, 6.07) is 11.6. The highest BCUT2D eigenvalue weighted by atomic mass is 16.7. The van der Waals surface area contributed by atoms with Crippen LogP contribution in [0, 0.1) is 13.8 Å². The van der Waals surface area contributed by atoms with Gasteiger partial charge in [0.05, 0.1) is 6.54 Å². The average Bonchev–Trinajstić information content (AvgIpc) is 3.15. The molecule has 0 radical (unpaired) electrons. The van der Waals surface area contributed by atoms with E-state index in [0.717, 1.165) is 27.6 Å². The first-order chi connectivity index (χ1) is 13.9. The Labute approximate surface area is 169 Å². The summed E-state index contributed by atoms with van der Waals surface area (Å²) in [7, 11) is 0. The van der Waals surface area contributed by atoms with Crippen molar-refractivity contribution in [3.8, 4) is 11.5 Å². The summed E-state index contributed by atoms with van der Waals surface area (Å²) in [5.74, 6) is 1.38. The van der Waals surface area contributed by atoms with Crippen LogP contribution in [0.5, 0.6) is 11.5 Å². The molecule has 1 aromatic heterocycles. The third kappa shape index (κ3) is 3.83. The number of aryl methyl sites for hydroxylation is 2. The van der Waals surface area contributed by atoms with Crippen LogP contribution in [0.25, 0.3) is 10.9 Å². The Bertz CT molecular complexity index is 1150. The lowest BCUT2D eigenvalue weighted by molar-refractivity contribution is -0.132. The van der Waals surface area contributed by atoms with E-state index in [2.05, 4.69) is 11.1 Å². The van der Waals surface area contributed by atoms with Gasteiger partial charge < -0.3 is 19.4 Å². The van der Waals surface area contributed by atoms with Crippen LogP contribution in [0.4, 0.5) is 0 Å². The molecule has 6 heteroatoms. The number of nitrogens with zero attached hydrogens (tertiary/aromatic N) is 1. The van der Waals surface area contributed by atoms with E-state index < -0.39 is 0 Å². The molecule has 6 nitrogen and oxygen atoms in total. The van der Waals surface area contributed by atoms with Gasteiger partial charge in [-0.2, -0.15) is 0 Å². The smallest absolute Gasteiger partial charge is 0.253 e. The van der Waals surface area contributed by atoms with Crippen molar-refractivity contribution in [2.75, 3.05) is 6.79 Å². The summed E-state index contributed by atoms with van der Waals surface area (Å²) in [4.78, 5) is 30.0. The predicted octanol–water partition coefficient (Wildman–Crippen LogP) is 3.81. The van der Waals surface area contributed by atoms with Gasteiger partial charge in [0.15, 0.2) is 11.5 Å². The van der Waals surface area contributed by atoms with Crippen LogP contribution >= 0.6 is 0 Å². The van der Waals surface area contributed by atoms with E-state index in [4.69, 9.17) is 9.47 Å². The van der Waals surface area contributed by atoms with Gasteiger partial charge in [0.2, 0.25) is 12.7 Å². The van der Waals surface area contributed by atoms with E-state index in [9.17, 15) is 9.59 Å². The second-order valence-electron chi connectivity index (χ2n) is 7.46. The average molecular weight is 392 g/mol. The molecule has 0 saturated carbocycles. The van der Waals surface area contributed by atoms with Crippen molar-refractivity contribution < 1.29 is 14.3 Å². The van der Waals surface area contributed by atoms with Gasteiger partial charge in [-0.25, -0.2) is 0 Å². The van der Waals surface area contributed by atoms with E-state index in [1.54, 1.807) is 4.90 Å². The Hall–Kier alpha value is -3.28. The third-order valence-corrected chi connectivity index (χ3v) is 5.22. The summed E-state index contributed by atoms with van der Waals surface area (Å²) in [5.41, 5.74) is 4.36. The Morgan fingerprint density at radius 2 is 1.86 bits per heavy atom. The van der Waals surface area contributed by atoms with Crippen LogP contribution in [-0.4, -0.2) is 22.6 Å². The number of fused-ring (bicyclic) bond motifs is 2. The van der Waals surface area contributed by atoms with Crippen molar-refractivity contribution in [1.82, 2.24) is 9.88 Å². The number of amides is 1. The lowest BCUT2D eigenvalue weighted by Gasteiger charge is -2.22. The fourth-order valence-corrected chi connectivity index (χ4v) is 3.75. The molecule has 0 saturated heterocycles. The Balaban J connectivity index is 1.65. The van der Waals surface area contributed by atoms with Gasteiger partial charge in [0.1, 0.15) is 0 Å². The van der Waals surface area contributed by atoms with Crippen molar-refractivity contribution in [1.29, 1.82) is 0 Å². The van der Waals surface area contributed by atoms with E-state index in [1.165, 1.54) is 0 Å². The molecule has 1 aliphatic rings. The first-order valence-electron chi connectivity index (χ1n) is 9.74. The SMILES string of the molecule is CCC(=O)N(Cc1ccc2c(c1)OCO2)Cc1cc2c(C)cc(C)cc2[nH]c1=O. The molecule has 4 rings (SSSR count). The lowest BCUT2D eigenvalue weighted by atomic mass is 10.0. The minimum Gasteiger partial charge on any atom is -0.454 e. The summed E-state index contributed by atoms with van der Waals surface area (Å²) < 4.78 is 10.8. The minimum atomic E-state index is -0.165. The van der Waals surface area contributed by atoms with Crippen molar-refractivity contribution >= 4 is 16.8 Å². The number of hydrogen-bond acceptors (Lipinski definition) is 4. The molecular weight excluding hydrogens is 368 g/mol. The highest BCUT2D eigenvalue weighted by Crippen LogP contribution is 2.33. The summed E-state index contributed by atoms with van der Waals surface area (Å²) >= 11 is 0. The maximum Gasteiger partial charge on any atom is 0.253 e. The molecule has 29 heavy (non-hydrogen) atoms. The summed E-state index contributed by atoms with van der Waals surface area (Å²) in [5, 5.41) is 0.997. The highest BCUT2D eigenvalue weighted by Gasteiger charge is 2.18. The molecule has 3 aromatic rings. The van der Waals surface area contributed by atoms with Crippen LogP contribution in [-0.2, 0) is 17.9 Å². The van der Waals surface area contributed by atoms with Crippen LogP contribution in [0.15, 0.2) is 41.2 Å². The number of hydrogen-bond donors (Lipinski definition) is 1. The van der Waals surface area contributed by atoms with Crippen LogP contribution in [0.3, 0.4) is 0 Å². The Morgan fingerprint density at radius 3 is 2.66 bits per heavy atom. The van der Waals surface area contributed by atoms with Gasteiger partial charge in [0, 0.05) is 29.4 Å². The quantitative estimate of drug-likeness (QED) is 0.717. The molecule has 0 aliphatic carbocycles. The molecule has 1 amide bonds. The molecule has 2 heterocycles. The standard InChI is InChI=1S/C23H24N2O4/c1-4-22(26)25(11-16-5-6-20-21(9-16)29-13-28-20)12-17-10-18-15(3)7-14(2)8-19(18)24-23(17)27/h5-10H,4,11-13H2,1-3H3,(H,24,27). The number of H-pyrrole nitrogens is 1. The fourth-order valence-electron chi connectivity index (χ4n) is 3.75. The number of rotatable bonds is 5. The largest absolute Gasteiger partial charge is 0.454 e. The molecule has 0 spiro atoms. The zero-order chi connectivity index (χ0) is 20.5. The first-order valence-corrected chi connectivity index (χ1v) is 9.74. The van der Waals surface area contributed by atoms with Gasteiger partial charge in [0.25, 0.3) is 5.56 Å². The lowest BCUT2D eigenvalue weighted by Crippen LogP contribution is -2.32. The van der Waals surface area contributed by atoms with Crippen molar-refractivity contribution in [3.05, 3.63) is 69.0 Å². The number of carbonyl (C=O) groups is 1. The maximum absolute atomic E-state index is 12.7. The van der Waals surface area contributed by atoms with Gasteiger partial charge in [-0.05, 0) is 54.8 Å². The second-order valence-corrected chi connectivity index (χ2v) is 7.46. The number of aromatic amines is 1.